The van der Waals surface area contributed by atoms with E-state index in [0.717, 1.165) is 30.0 Å². The van der Waals surface area contributed by atoms with Crippen molar-refractivity contribution in [1.29, 1.82) is 0 Å². The first-order valence-electron chi connectivity index (χ1n) is 4.95. The molecule has 2 heterocycles. The molecule has 0 amide bonds. The van der Waals surface area contributed by atoms with E-state index in [1.54, 1.807) is 12.3 Å². The van der Waals surface area contributed by atoms with Gasteiger partial charge in [-0.2, -0.15) is 0 Å². The Bertz CT molecular complexity index is 504. The standard InChI is InChI=1S/C12H10FNO/c13-9-1-2-10-11(7-9)14-5-3-8-4-6-15-12(8)10/h1-2,4,6-7,14H,3,5H2. The second-order valence-electron chi connectivity index (χ2n) is 3.64. The third-order valence-electron chi connectivity index (χ3n) is 2.68. The van der Waals surface area contributed by atoms with Gasteiger partial charge in [-0.1, -0.05) is 0 Å². The second-order valence-corrected chi connectivity index (χ2v) is 3.64. The van der Waals surface area contributed by atoms with E-state index in [0.29, 0.717) is 0 Å². The molecule has 0 atom stereocenters. The number of anilines is 1. The molecule has 0 bridgehead atoms. The van der Waals surface area contributed by atoms with Crippen molar-refractivity contribution >= 4 is 5.69 Å². The summed E-state index contributed by atoms with van der Waals surface area (Å²) in [5.41, 5.74) is 2.92. The fourth-order valence-electron chi connectivity index (χ4n) is 1.96. The Hall–Kier alpha value is -1.77. The highest BCUT2D eigenvalue weighted by atomic mass is 19.1. The van der Waals surface area contributed by atoms with Crippen LogP contribution in [-0.2, 0) is 6.42 Å². The molecule has 1 aromatic carbocycles. The molecule has 1 aliphatic heterocycles. The number of halogens is 1. The van der Waals surface area contributed by atoms with Gasteiger partial charge in [0.25, 0.3) is 0 Å². The van der Waals surface area contributed by atoms with Crippen molar-refractivity contribution in [2.24, 2.45) is 0 Å². The van der Waals surface area contributed by atoms with Crippen LogP contribution >= 0.6 is 0 Å². The molecule has 3 heteroatoms. The molecule has 0 saturated carbocycles. The summed E-state index contributed by atoms with van der Waals surface area (Å²) in [5.74, 6) is 0.631. The summed E-state index contributed by atoms with van der Waals surface area (Å²) in [5, 5.41) is 3.20. The van der Waals surface area contributed by atoms with E-state index in [-0.39, 0.29) is 5.82 Å². The lowest BCUT2D eigenvalue weighted by molar-refractivity contribution is 0.580. The van der Waals surface area contributed by atoms with Gasteiger partial charge in [0.1, 0.15) is 11.6 Å². The third-order valence-corrected chi connectivity index (χ3v) is 2.68. The molecule has 0 saturated heterocycles. The van der Waals surface area contributed by atoms with E-state index in [2.05, 4.69) is 5.32 Å². The molecule has 2 nitrogen and oxygen atoms in total. The topological polar surface area (TPSA) is 25.2 Å². The quantitative estimate of drug-likeness (QED) is 0.711. The maximum atomic E-state index is 13.1. The van der Waals surface area contributed by atoms with Crippen LogP contribution in [0.3, 0.4) is 0 Å². The van der Waals surface area contributed by atoms with Gasteiger partial charge in [0, 0.05) is 23.4 Å². The van der Waals surface area contributed by atoms with E-state index in [9.17, 15) is 4.39 Å². The first-order valence-corrected chi connectivity index (χ1v) is 4.95. The van der Waals surface area contributed by atoms with Crippen LogP contribution in [0.1, 0.15) is 5.56 Å². The number of benzene rings is 1. The van der Waals surface area contributed by atoms with Gasteiger partial charge < -0.3 is 9.73 Å². The molecular weight excluding hydrogens is 193 g/mol. The van der Waals surface area contributed by atoms with Crippen LogP contribution < -0.4 is 5.32 Å². The summed E-state index contributed by atoms with van der Waals surface area (Å²) < 4.78 is 18.5. The monoisotopic (exact) mass is 203 g/mol. The maximum Gasteiger partial charge on any atom is 0.139 e. The highest BCUT2D eigenvalue weighted by Gasteiger charge is 2.16. The van der Waals surface area contributed by atoms with Crippen LogP contribution in [0.2, 0.25) is 0 Å². The molecule has 0 fully saturated rings. The van der Waals surface area contributed by atoms with Crippen molar-refractivity contribution in [1.82, 2.24) is 0 Å². The fourth-order valence-corrected chi connectivity index (χ4v) is 1.96. The molecule has 1 aromatic heterocycles. The summed E-state index contributed by atoms with van der Waals surface area (Å²) in [7, 11) is 0. The van der Waals surface area contributed by atoms with Crippen molar-refractivity contribution in [3.05, 3.63) is 41.9 Å². The van der Waals surface area contributed by atoms with Crippen LogP contribution in [0, 0.1) is 5.82 Å². The number of furan rings is 1. The van der Waals surface area contributed by atoms with Crippen molar-refractivity contribution < 1.29 is 8.81 Å². The molecular formula is C12H10FNO. The van der Waals surface area contributed by atoms with Gasteiger partial charge in [0.2, 0.25) is 0 Å². The van der Waals surface area contributed by atoms with Gasteiger partial charge in [-0.15, -0.1) is 0 Å². The molecule has 0 unspecified atom stereocenters. The van der Waals surface area contributed by atoms with Crippen LogP contribution in [0.25, 0.3) is 11.3 Å². The molecule has 3 rings (SSSR count). The van der Waals surface area contributed by atoms with E-state index in [4.69, 9.17) is 4.42 Å². The molecule has 2 aromatic rings. The van der Waals surface area contributed by atoms with E-state index >= 15 is 0 Å². The first-order chi connectivity index (χ1) is 7.34. The fraction of sp³-hybridized carbons (Fsp3) is 0.167. The van der Waals surface area contributed by atoms with E-state index in [1.165, 1.54) is 17.7 Å². The van der Waals surface area contributed by atoms with Gasteiger partial charge in [-0.25, -0.2) is 4.39 Å². The smallest absolute Gasteiger partial charge is 0.139 e. The highest BCUT2D eigenvalue weighted by molar-refractivity contribution is 5.77. The minimum absolute atomic E-state index is 0.226. The zero-order valence-corrected chi connectivity index (χ0v) is 8.09. The van der Waals surface area contributed by atoms with Crippen LogP contribution in [-0.4, -0.2) is 6.54 Å². The van der Waals surface area contributed by atoms with Gasteiger partial charge in [-0.3, -0.25) is 0 Å². The van der Waals surface area contributed by atoms with Crippen LogP contribution in [0.5, 0.6) is 0 Å². The summed E-state index contributed by atoms with van der Waals surface area (Å²) in [6, 6.07) is 6.69. The lowest BCUT2D eigenvalue weighted by atomic mass is 10.1. The predicted octanol–water partition coefficient (Wildman–Crippen LogP) is 3.05. The Labute approximate surface area is 86.7 Å². The second kappa shape index (κ2) is 3.12. The Morgan fingerprint density at radius 3 is 3.13 bits per heavy atom. The summed E-state index contributed by atoms with van der Waals surface area (Å²) in [4.78, 5) is 0. The minimum Gasteiger partial charge on any atom is -0.464 e. The highest BCUT2D eigenvalue weighted by Crippen LogP contribution is 2.34. The average molecular weight is 203 g/mol. The molecule has 0 radical (unpaired) electrons. The molecule has 0 aliphatic carbocycles. The average Bonchev–Trinajstić information content (AvgIpc) is 2.61. The SMILES string of the molecule is Fc1ccc2c(c1)NCCc1ccoc1-2. The Morgan fingerprint density at radius 2 is 2.20 bits per heavy atom. The number of hydrogen-bond acceptors (Lipinski definition) is 2. The number of nitrogens with one attached hydrogen (secondary N) is 1. The predicted molar refractivity (Wildman–Crippen MR) is 56.3 cm³/mol. The van der Waals surface area contributed by atoms with Crippen LogP contribution in [0.4, 0.5) is 10.1 Å². The summed E-state index contributed by atoms with van der Waals surface area (Å²) >= 11 is 0. The van der Waals surface area contributed by atoms with E-state index < -0.39 is 0 Å². The van der Waals surface area contributed by atoms with Gasteiger partial charge in [-0.05, 0) is 30.7 Å². The zero-order chi connectivity index (χ0) is 10.3. The van der Waals surface area contributed by atoms with Crippen LogP contribution in [0.15, 0.2) is 34.9 Å². The molecule has 76 valence electrons. The Balaban J connectivity index is 2.25. The minimum atomic E-state index is -0.226. The Kier molecular flexibility index (Phi) is 1.78. The maximum absolute atomic E-state index is 13.1. The van der Waals surface area contributed by atoms with Crippen molar-refractivity contribution in [3.63, 3.8) is 0 Å². The van der Waals surface area contributed by atoms with Gasteiger partial charge >= 0.3 is 0 Å². The molecule has 15 heavy (non-hydrogen) atoms. The van der Waals surface area contributed by atoms with E-state index in [1.807, 2.05) is 6.07 Å². The molecule has 0 spiro atoms. The number of hydrogen-bond donors (Lipinski definition) is 1. The Morgan fingerprint density at radius 1 is 1.27 bits per heavy atom. The van der Waals surface area contributed by atoms with Crippen molar-refractivity contribution in [2.45, 2.75) is 6.42 Å². The largest absolute Gasteiger partial charge is 0.464 e. The molecule has 1 aliphatic rings. The molecule has 1 N–H and O–H groups in total. The first kappa shape index (κ1) is 8.53. The lowest BCUT2D eigenvalue weighted by Crippen LogP contribution is -2.02. The summed E-state index contributed by atoms with van der Waals surface area (Å²) in [6.45, 7) is 0.809. The number of fused-ring (bicyclic) bond motifs is 3. The van der Waals surface area contributed by atoms with Gasteiger partial charge in [0.15, 0.2) is 0 Å². The van der Waals surface area contributed by atoms with Gasteiger partial charge in [0.05, 0.1) is 6.26 Å². The zero-order valence-electron chi connectivity index (χ0n) is 8.09. The van der Waals surface area contributed by atoms with Crippen molar-refractivity contribution in [2.75, 3.05) is 11.9 Å². The number of rotatable bonds is 0. The third kappa shape index (κ3) is 1.31. The summed E-state index contributed by atoms with van der Waals surface area (Å²) in [6.07, 6.45) is 2.59. The normalized spacial score (nSPS) is 13.7. The lowest BCUT2D eigenvalue weighted by Gasteiger charge is -2.06. The van der Waals surface area contributed by atoms with Crippen molar-refractivity contribution in [3.8, 4) is 11.3 Å².